The van der Waals surface area contributed by atoms with Crippen molar-refractivity contribution >= 4 is 27.8 Å². The lowest BCUT2D eigenvalue weighted by Gasteiger charge is -2.31. The molecular weight excluding hydrogens is 348 g/mol. The van der Waals surface area contributed by atoms with E-state index in [2.05, 4.69) is 20.9 Å². The number of rotatable bonds is 5. The number of hydrogen-bond donors (Lipinski definition) is 0. The van der Waals surface area contributed by atoms with E-state index in [0.29, 0.717) is 18.7 Å². The van der Waals surface area contributed by atoms with Gasteiger partial charge < -0.3 is 9.64 Å². The molecule has 2 rings (SSSR count). The lowest BCUT2D eigenvalue weighted by atomic mass is 9.98. The molecular formula is C16H21BrN2O3. The number of halogens is 1. The highest BCUT2D eigenvalue weighted by Gasteiger charge is 2.29. The standard InChI is InChI=1S/C16H21BrN2O3/c1-2-5-15(20)19-9-4-6-12(10-19)16(21)22-11-13-7-3-8-14(17)18-13/h3,7-8,12H,2,4-6,9-11H2,1H3. The number of esters is 1. The van der Waals surface area contributed by atoms with Gasteiger partial charge in [-0.3, -0.25) is 9.59 Å². The van der Waals surface area contributed by atoms with Gasteiger partial charge in [-0.25, -0.2) is 4.98 Å². The number of carbonyl (C=O) groups excluding carboxylic acids is 2. The topological polar surface area (TPSA) is 59.5 Å². The first-order valence-electron chi connectivity index (χ1n) is 7.66. The van der Waals surface area contributed by atoms with Gasteiger partial charge in [-0.15, -0.1) is 0 Å². The van der Waals surface area contributed by atoms with Crippen LogP contribution in [0.1, 0.15) is 38.3 Å². The van der Waals surface area contributed by atoms with Gasteiger partial charge in [-0.1, -0.05) is 13.0 Å². The van der Waals surface area contributed by atoms with Crippen molar-refractivity contribution in [1.82, 2.24) is 9.88 Å². The van der Waals surface area contributed by atoms with Crippen molar-refractivity contribution in [2.24, 2.45) is 5.92 Å². The van der Waals surface area contributed by atoms with E-state index in [4.69, 9.17) is 4.74 Å². The third-order valence-electron chi connectivity index (χ3n) is 3.71. The van der Waals surface area contributed by atoms with Crippen LogP contribution >= 0.6 is 15.9 Å². The fourth-order valence-corrected chi connectivity index (χ4v) is 2.94. The Balaban J connectivity index is 1.85. The number of amides is 1. The molecule has 1 unspecified atom stereocenters. The SMILES string of the molecule is CCCC(=O)N1CCCC(C(=O)OCc2cccc(Br)n2)C1. The van der Waals surface area contributed by atoms with Gasteiger partial charge in [0.2, 0.25) is 5.91 Å². The zero-order chi connectivity index (χ0) is 15.9. The number of aromatic nitrogens is 1. The second-order valence-electron chi connectivity index (χ2n) is 5.49. The van der Waals surface area contributed by atoms with Crippen molar-refractivity contribution in [3.63, 3.8) is 0 Å². The van der Waals surface area contributed by atoms with E-state index in [0.717, 1.165) is 30.4 Å². The Morgan fingerprint density at radius 3 is 3.00 bits per heavy atom. The Morgan fingerprint density at radius 1 is 1.45 bits per heavy atom. The van der Waals surface area contributed by atoms with Gasteiger partial charge in [0, 0.05) is 19.5 Å². The quantitative estimate of drug-likeness (QED) is 0.592. The maximum absolute atomic E-state index is 12.2. The van der Waals surface area contributed by atoms with Crippen LogP contribution in [0.15, 0.2) is 22.8 Å². The molecule has 22 heavy (non-hydrogen) atoms. The highest BCUT2D eigenvalue weighted by Crippen LogP contribution is 2.19. The van der Waals surface area contributed by atoms with Crippen molar-refractivity contribution in [2.75, 3.05) is 13.1 Å². The number of nitrogens with zero attached hydrogens (tertiary/aromatic N) is 2. The van der Waals surface area contributed by atoms with Gasteiger partial charge in [0.15, 0.2) is 0 Å². The van der Waals surface area contributed by atoms with Crippen LogP contribution in [-0.4, -0.2) is 34.8 Å². The third-order valence-corrected chi connectivity index (χ3v) is 4.15. The molecule has 1 fully saturated rings. The van der Waals surface area contributed by atoms with E-state index < -0.39 is 0 Å². The molecule has 0 aromatic carbocycles. The second kappa shape index (κ2) is 8.27. The van der Waals surface area contributed by atoms with E-state index in [-0.39, 0.29) is 24.4 Å². The summed E-state index contributed by atoms with van der Waals surface area (Å²) in [7, 11) is 0. The minimum Gasteiger partial charge on any atom is -0.459 e. The van der Waals surface area contributed by atoms with Gasteiger partial charge in [0.05, 0.1) is 11.6 Å². The minimum absolute atomic E-state index is 0.133. The van der Waals surface area contributed by atoms with Crippen LogP contribution in [0.25, 0.3) is 0 Å². The summed E-state index contributed by atoms with van der Waals surface area (Å²) >= 11 is 3.29. The van der Waals surface area contributed by atoms with Gasteiger partial charge >= 0.3 is 5.97 Å². The summed E-state index contributed by atoms with van der Waals surface area (Å²) in [5.74, 6) is -0.328. The average Bonchev–Trinajstić information content (AvgIpc) is 2.53. The fraction of sp³-hybridized carbons (Fsp3) is 0.562. The summed E-state index contributed by atoms with van der Waals surface area (Å²) in [6.45, 7) is 3.37. The van der Waals surface area contributed by atoms with Crippen molar-refractivity contribution in [3.8, 4) is 0 Å². The number of piperidine rings is 1. The van der Waals surface area contributed by atoms with Gasteiger partial charge in [0.25, 0.3) is 0 Å². The summed E-state index contributed by atoms with van der Waals surface area (Å²) < 4.78 is 6.07. The second-order valence-corrected chi connectivity index (χ2v) is 6.30. The van der Waals surface area contributed by atoms with Crippen molar-refractivity contribution in [3.05, 3.63) is 28.5 Å². The van der Waals surface area contributed by atoms with E-state index in [9.17, 15) is 9.59 Å². The molecule has 0 saturated carbocycles. The van der Waals surface area contributed by atoms with Gasteiger partial charge in [-0.05, 0) is 47.3 Å². The summed E-state index contributed by atoms with van der Waals surface area (Å²) in [6.07, 6.45) is 3.01. The van der Waals surface area contributed by atoms with Crippen LogP contribution in [-0.2, 0) is 20.9 Å². The molecule has 1 aromatic heterocycles. The van der Waals surface area contributed by atoms with Crippen LogP contribution in [0.5, 0.6) is 0 Å². The molecule has 2 heterocycles. The predicted molar refractivity (Wildman–Crippen MR) is 85.9 cm³/mol. The first kappa shape index (κ1) is 16.9. The molecule has 1 aliphatic rings. The van der Waals surface area contributed by atoms with E-state index in [1.54, 1.807) is 4.90 Å². The molecule has 1 saturated heterocycles. The first-order chi connectivity index (χ1) is 10.6. The number of pyridine rings is 1. The molecule has 0 spiro atoms. The summed E-state index contributed by atoms with van der Waals surface area (Å²) in [6, 6.07) is 5.49. The third kappa shape index (κ3) is 4.80. The molecule has 1 amide bonds. The Bertz CT molecular complexity index is 536. The number of likely N-dealkylation sites (tertiary alicyclic amines) is 1. The van der Waals surface area contributed by atoms with Crippen molar-refractivity contribution < 1.29 is 14.3 Å². The number of ether oxygens (including phenoxy) is 1. The zero-order valence-electron chi connectivity index (χ0n) is 12.8. The monoisotopic (exact) mass is 368 g/mol. The average molecular weight is 369 g/mol. The van der Waals surface area contributed by atoms with Crippen LogP contribution < -0.4 is 0 Å². The summed E-state index contributed by atoms with van der Waals surface area (Å²) in [4.78, 5) is 30.1. The largest absolute Gasteiger partial charge is 0.459 e. The summed E-state index contributed by atoms with van der Waals surface area (Å²) in [5, 5.41) is 0. The lowest BCUT2D eigenvalue weighted by molar-refractivity contribution is -0.153. The molecule has 0 N–H and O–H groups in total. The van der Waals surface area contributed by atoms with Crippen LogP contribution in [0.3, 0.4) is 0 Å². The van der Waals surface area contributed by atoms with Crippen LogP contribution in [0, 0.1) is 5.92 Å². The predicted octanol–water partition coefficient (Wildman–Crippen LogP) is 2.93. The van der Waals surface area contributed by atoms with Crippen molar-refractivity contribution in [2.45, 2.75) is 39.2 Å². The minimum atomic E-state index is -0.240. The number of carbonyl (C=O) groups is 2. The normalized spacial score (nSPS) is 18.1. The van der Waals surface area contributed by atoms with Crippen LogP contribution in [0.4, 0.5) is 0 Å². The first-order valence-corrected chi connectivity index (χ1v) is 8.45. The van der Waals surface area contributed by atoms with E-state index in [1.165, 1.54) is 0 Å². The molecule has 1 atom stereocenters. The molecule has 0 aliphatic carbocycles. The lowest BCUT2D eigenvalue weighted by Crippen LogP contribution is -2.42. The van der Waals surface area contributed by atoms with Crippen molar-refractivity contribution in [1.29, 1.82) is 0 Å². The number of hydrogen-bond acceptors (Lipinski definition) is 4. The Hall–Kier alpha value is -1.43. The Kier molecular flexibility index (Phi) is 6.36. The van der Waals surface area contributed by atoms with E-state index >= 15 is 0 Å². The fourth-order valence-electron chi connectivity index (χ4n) is 2.56. The molecule has 5 nitrogen and oxygen atoms in total. The highest BCUT2D eigenvalue weighted by atomic mass is 79.9. The maximum atomic E-state index is 12.2. The van der Waals surface area contributed by atoms with Crippen LogP contribution in [0.2, 0.25) is 0 Å². The zero-order valence-corrected chi connectivity index (χ0v) is 14.3. The molecule has 0 bridgehead atoms. The molecule has 6 heteroatoms. The highest BCUT2D eigenvalue weighted by molar-refractivity contribution is 9.10. The molecule has 0 radical (unpaired) electrons. The van der Waals surface area contributed by atoms with Gasteiger partial charge in [0.1, 0.15) is 11.2 Å². The van der Waals surface area contributed by atoms with Gasteiger partial charge in [-0.2, -0.15) is 0 Å². The molecule has 120 valence electrons. The smallest absolute Gasteiger partial charge is 0.311 e. The molecule has 1 aliphatic heterocycles. The Morgan fingerprint density at radius 2 is 2.27 bits per heavy atom. The Labute approximate surface area is 139 Å². The maximum Gasteiger partial charge on any atom is 0.311 e. The summed E-state index contributed by atoms with van der Waals surface area (Å²) in [5.41, 5.74) is 0.706. The molecule has 1 aromatic rings. The van der Waals surface area contributed by atoms with E-state index in [1.807, 2.05) is 25.1 Å².